The van der Waals surface area contributed by atoms with E-state index in [-0.39, 0.29) is 19.2 Å². The molecule has 0 bridgehead atoms. The number of unbranched alkanes of at least 4 members (excludes halogenated alkanes) is 7. The average Bonchev–Trinajstić information content (AvgIpc) is 3.14. The van der Waals surface area contributed by atoms with Gasteiger partial charge in [-0.15, -0.1) is 0 Å². The fourth-order valence-electron chi connectivity index (χ4n) is 4.85. The smallest absolute Gasteiger partial charge is 0.306 e. The minimum Gasteiger partial charge on any atom is -0.457 e. The van der Waals surface area contributed by atoms with E-state index < -0.39 is 6.10 Å². The van der Waals surface area contributed by atoms with Gasteiger partial charge in [0.2, 0.25) is 0 Å². The highest BCUT2D eigenvalue weighted by Gasteiger charge is 2.13. The Bertz CT molecular complexity index is 1050. The monoisotopic (exact) mass is 703 g/mol. The van der Waals surface area contributed by atoms with Crippen LogP contribution in [0.3, 0.4) is 0 Å². The molecular weight excluding hydrogens is 629 g/mol. The van der Waals surface area contributed by atoms with Gasteiger partial charge >= 0.3 is 5.97 Å². The molecule has 1 N–H and O–H groups in total. The Morgan fingerprint density at radius 3 is 1.22 bits per heavy atom. The summed E-state index contributed by atoms with van der Waals surface area (Å²) in [6, 6.07) is 0. The Kier molecular flexibility index (Phi) is 40.3. The molecule has 286 valence electrons. The van der Waals surface area contributed by atoms with Crippen molar-refractivity contribution in [2.45, 2.75) is 148 Å². The van der Waals surface area contributed by atoms with Crippen LogP contribution in [0, 0.1) is 0 Å². The number of carbonyl (C=O) groups is 1. The lowest BCUT2D eigenvalue weighted by Gasteiger charge is -2.15. The van der Waals surface area contributed by atoms with Gasteiger partial charge in [-0.3, -0.25) is 4.79 Å². The van der Waals surface area contributed by atoms with E-state index in [9.17, 15) is 9.90 Å². The highest BCUT2D eigenvalue weighted by molar-refractivity contribution is 5.69. The van der Waals surface area contributed by atoms with Gasteiger partial charge in [0.15, 0.2) is 0 Å². The largest absolute Gasteiger partial charge is 0.457 e. The number of hydrogen-bond donors (Lipinski definition) is 1. The van der Waals surface area contributed by atoms with Crippen LogP contribution in [0.15, 0.2) is 122 Å². The fraction of sp³-hybridized carbons (Fsp3) is 0.553. The second-order valence-electron chi connectivity index (χ2n) is 12.6. The first kappa shape index (κ1) is 47.8. The third kappa shape index (κ3) is 41.1. The average molecular weight is 703 g/mol. The third-order valence-electron chi connectivity index (χ3n) is 7.78. The number of ether oxygens (including phenoxy) is 2. The SMILES string of the molecule is CC/C=C\C/C=C\C/C=C\C/C=C\C/C=C\C/C=C\C/C=C\CCCCCC(=O)OC(CO)COCCCCCC/C=C\C/C=C\C/C=C\CC. The molecule has 4 heteroatoms. The molecule has 0 saturated carbocycles. The predicted octanol–water partition coefficient (Wildman–Crippen LogP) is 13.3. The second kappa shape index (κ2) is 43.0. The number of hydrogen-bond acceptors (Lipinski definition) is 4. The summed E-state index contributed by atoms with van der Waals surface area (Å²) in [5.74, 6) is -0.247. The van der Waals surface area contributed by atoms with E-state index in [0.717, 1.165) is 109 Å². The van der Waals surface area contributed by atoms with Crippen molar-refractivity contribution in [1.82, 2.24) is 0 Å². The zero-order valence-electron chi connectivity index (χ0n) is 32.6. The van der Waals surface area contributed by atoms with E-state index >= 15 is 0 Å². The van der Waals surface area contributed by atoms with Crippen molar-refractivity contribution in [2.24, 2.45) is 0 Å². The first-order chi connectivity index (χ1) is 25.2. The van der Waals surface area contributed by atoms with Gasteiger partial charge in [0, 0.05) is 13.0 Å². The molecule has 1 unspecified atom stereocenters. The zero-order chi connectivity index (χ0) is 37.0. The highest BCUT2D eigenvalue weighted by Crippen LogP contribution is 2.08. The second-order valence-corrected chi connectivity index (χ2v) is 12.6. The van der Waals surface area contributed by atoms with E-state index in [1.165, 1.54) is 12.8 Å². The van der Waals surface area contributed by atoms with Crippen LogP contribution in [0.2, 0.25) is 0 Å². The van der Waals surface area contributed by atoms with Crippen molar-refractivity contribution in [3.8, 4) is 0 Å². The van der Waals surface area contributed by atoms with Crippen molar-refractivity contribution in [1.29, 1.82) is 0 Å². The van der Waals surface area contributed by atoms with Gasteiger partial charge < -0.3 is 14.6 Å². The standard InChI is InChI=1S/C47H74O4/c1-3-5-7-9-11-13-15-17-19-20-21-22-23-24-25-26-27-28-29-30-32-34-36-38-40-42-47(49)51-46(44-48)45-50-43-41-39-37-35-33-31-18-16-14-12-10-8-6-4-2/h5-8,11-14,17-19,21-22,24-25,27-28,30-32,46,48H,3-4,9-10,15-16,20,23,26,29,33-45H2,1-2H3/b7-5-,8-6-,13-11-,14-12-,19-17-,22-21-,25-24-,28-27-,31-18-,32-30-. The number of aliphatic hydroxyl groups is 1. The number of allylic oxidation sites excluding steroid dienone is 20. The van der Waals surface area contributed by atoms with E-state index in [4.69, 9.17) is 9.47 Å². The molecule has 0 aromatic carbocycles. The lowest BCUT2D eigenvalue weighted by molar-refractivity contribution is -0.154. The molecule has 0 aliphatic rings. The fourth-order valence-corrected chi connectivity index (χ4v) is 4.85. The molecular formula is C47H74O4. The summed E-state index contributed by atoms with van der Waals surface area (Å²) >= 11 is 0. The molecule has 0 spiro atoms. The van der Waals surface area contributed by atoms with Gasteiger partial charge in [-0.2, -0.15) is 0 Å². The third-order valence-corrected chi connectivity index (χ3v) is 7.78. The van der Waals surface area contributed by atoms with E-state index in [0.29, 0.717) is 13.0 Å². The van der Waals surface area contributed by atoms with Crippen LogP contribution >= 0.6 is 0 Å². The Morgan fingerprint density at radius 2 is 0.824 bits per heavy atom. The molecule has 0 aliphatic heterocycles. The summed E-state index contributed by atoms with van der Waals surface area (Å²) in [5.41, 5.74) is 0. The molecule has 1 atom stereocenters. The molecule has 0 aromatic heterocycles. The predicted molar refractivity (Wildman–Crippen MR) is 223 cm³/mol. The van der Waals surface area contributed by atoms with Crippen molar-refractivity contribution in [3.05, 3.63) is 122 Å². The van der Waals surface area contributed by atoms with Gasteiger partial charge in [0.1, 0.15) is 6.10 Å². The van der Waals surface area contributed by atoms with Crippen LogP contribution in [0.4, 0.5) is 0 Å². The van der Waals surface area contributed by atoms with Crippen molar-refractivity contribution < 1.29 is 19.4 Å². The van der Waals surface area contributed by atoms with Gasteiger partial charge in [-0.25, -0.2) is 0 Å². The maximum Gasteiger partial charge on any atom is 0.306 e. The van der Waals surface area contributed by atoms with Gasteiger partial charge in [0.25, 0.3) is 0 Å². The maximum atomic E-state index is 12.2. The summed E-state index contributed by atoms with van der Waals surface area (Å²) in [6.07, 6.45) is 63.9. The molecule has 0 amide bonds. The Labute approximate surface area is 314 Å². The molecule has 0 aliphatic carbocycles. The van der Waals surface area contributed by atoms with Crippen molar-refractivity contribution in [2.75, 3.05) is 19.8 Å². The molecule has 0 aromatic rings. The quantitative estimate of drug-likeness (QED) is 0.0406. The lowest BCUT2D eigenvalue weighted by atomic mass is 10.1. The molecule has 0 fully saturated rings. The van der Waals surface area contributed by atoms with Crippen molar-refractivity contribution in [3.63, 3.8) is 0 Å². The highest BCUT2D eigenvalue weighted by atomic mass is 16.6. The molecule has 0 rings (SSSR count). The minimum absolute atomic E-state index is 0.204. The topological polar surface area (TPSA) is 55.8 Å². The Balaban J connectivity index is 3.64. The first-order valence-electron chi connectivity index (χ1n) is 20.1. The first-order valence-corrected chi connectivity index (χ1v) is 20.1. The lowest BCUT2D eigenvalue weighted by Crippen LogP contribution is -2.27. The molecule has 51 heavy (non-hydrogen) atoms. The summed E-state index contributed by atoms with van der Waals surface area (Å²) in [6.45, 7) is 5.00. The van der Waals surface area contributed by atoms with Gasteiger partial charge in [-0.05, 0) is 103 Å². The zero-order valence-corrected chi connectivity index (χ0v) is 32.6. The summed E-state index contributed by atoms with van der Waals surface area (Å²) in [4.78, 5) is 12.2. The van der Waals surface area contributed by atoms with Crippen LogP contribution in [0.5, 0.6) is 0 Å². The van der Waals surface area contributed by atoms with Crippen LogP contribution in [-0.2, 0) is 14.3 Å². The number of carbonyl (C=O) groups excluding carboxylic acids is 1. The van der Waals surface area contributed by atoms with Crippen LogP contribution < -0.4 is 0 Å². The molecule has 4 nitrogen and oxygen atoms in total. The van der Waals surface area contributed by atoms with Gasteiger partial charge in [-0.1, -0.05) is 155 Å². The Morgan fingerprint density at radius 1 is 0.471 bits per heavy atom. The summed E-state index contributed by atoms with van der Waals surface area (Å²) < 4.78 is 11.1. The molecule has 0 radical (unpaired) electrons. The van der Waals surface area contributed by atoms with E-state index in [1.807, 2.05) is 0 Å². The Hall–Kier alpha value is -3.21. The number of esters is 1. The molecule has 0 heterocycles. The maximum absolute atomic E-state index is 12.2. The minimum atomic E-state index is -0.573. The number of aliphatic hydroxyl groups excluding tert-OH is 1. The van der Waals surface area contributed by atoms with E-state index in [2.05, 4.69) is 135 Å². The van der Waals surface area contributed by atoms with Gasteiger partial charge in [0.05, 0.1) is 13.2 Å². The van der Waals surface area contributed by atoms with Crippen LogP contribution in [0.1, 0.15) is 142 Å². The summed E-state index contributed by atoms with van der Waals surface area (Å²) in [7, 11) is 0. The number of rotatable bonds is 35. The molecule has 0 saturated heterocycles. The van der Waals surface area contributed by atoms with E-state index in [1.54, 1.807) is 0 Å². The van der Waals surface area contributed by atoms with Crippen LogP contribution in [0.25, 0.3) is 0 Å². The normalized spacial score (nSPS) is 13.7. The van der Waals surface area contributed by atoms with Crippen LogP contribution in [-0.4, -0.2) is 37.0 Å². The van der Waals surface area contributed by atoms with Crippen molar-refractivity contribution >= 4 is 5.97 Å². The summed E-state index contributed by atoms with van der Waals surface area (Å²) in [5, 5.41) is 9.57.